The van der Waals surface area contributed by atoms with Gasteiger partial charge in [0.25, 0.3) is 0 Å². The quantitative estimate of drug-likeness (QED) is 0.620. The number of halogens is 1. The monoisotopic (exact) mass is 417 g/mol. The van der Waals surface area contributed by atoms with Crippen molar-refractivity contribution in [3.8, 4) is 0 Å². The molecule has 0 radical (unpaired) electrons. The van der Waals surface area contributed by atoms with Crippen LogP contribution in [0.3, 0.4) is 0 Å². The first-order valence-corrected chi connectivity index (χ1v) is 9.96. The fourth-order valence-corrected chi connectivity index (χ4v) is 4.06. The number of hydrogen-bond acceptors (Lipinski definition) is 9. The average Bonchev–Trinajstić information content (AvgIpc) is 3.16. The van der Waals surface area contributed by atoms with Gasteiger partial charge in [0.05, 0.1) is 12.9 Å². The lowest BCUT2D eigenvalue weighted by Crippen LogP contribution is -2.39. The lowest BCUT2D eigenvalue weighted by Gasteiger charge is -2.27. The standard InChI is InChI=1S/C14H17ClN5O6P/c1-7(15)2-3-16-12-9-13(18-5-17-12)20(6-19-9)14-10(21)11-8(25-14)4-24-27(22,23)26-11/h2,5-6,8,10-11,14,21H,3-4H2,1H3,(H,22,23)(H,16,17,18)/b7-2-/t8-,10-,11-,14-/m1/s1. The zero-order valence-corrected chi connectivity index (χ0v) is 15.7. The number of aliphatic hydroxyl groups is 1. The molecule has 2 aromatic rings. The molecule has 5 atom stereocenters. The maximum atomic E-state index is 11.6. The minimum atomic E-state index is -4.19. The Bertz CT molecular complexity index is 934. The number of allylic oxidation sites excluding steroid dienone is 1. The Morgan fingerprint density at radius 1 is 1.52 bits per heavy atom. The number of anilines is 1. The summed E-state index contributed by atoms with van der Waals surface area (Å²) in [5, 5.41) is 14.3. The number of ether oxygens (including phenoxy) is 1. The number of phosphoric acid groups is 1. The van der Waals surface area contributed by atoms with E-state index >= 15 is 0 Å². The Hall–Kier alpha value is -1.59. The molecular weight excluding hydrogens is 401 g/mol. The molecule has 0 spiro atoms. The molecule has 0 saturated carbocycles. The summed E-state index contributed by atoms with van der Waals surface area (Å²) < 4.78 is 28.6. The highest BCUT2D eigenvalue weighted by molar-refractivity contribution is 7.47. The summed E-state index contributed by atoms with van der Waals surface area (Å²) in [6.45, 7) is 2.06. The predicted molar refractivity (Wildman–Crippen MR) is 94.0 cm³/mol. The second kappa shape index (κ2) is 7.10. The van der Waals surface area contributed by atoms with Gasteiger partial charge in [-0.2, -0.15) is 0 Å². The molecule has 2 fully saturated rings. The molecule has 11 nitrogen and oxygen atoms in total. The van der Waals surface area contributed by atoms with E-state index in [1.807, 2.05) is 0 Å². The number of nitrogens with one attached hydrogen (secondary N) is 1. The van der Waals surface area contributed by atoms with E-state index in [4.69, 9.17) is 25.4 Å². The Morgan fingerprint density at radius 2 is 2.33 bits per heavy atom. The van der Waals surface area contributed by atoms with Crippen molar-refractivity contribution in [1.82, 2.24) is 19.5 Å². The molecule has 3 N–H and O–H groups in total. The summed E-state index contributed by atoms with van der Waals surface area (Å²) in [7, 11) is -4.19. The molecule has 2 aromatic heterocycles. The van der Waals surface area contributed by atoms with Crippen molar-refractivity contribution >= 4 is 36.4 Å². The van der Waals surface area contributed by atoms with Gasteiger partial charge in [-0.3, -0.25) is 13.6 Å². The van der Waals surface area contributed by atoms with Crippen molar-refractivity contribution in [2.24, 2.45) is 0 Å². The van der Waals surface area contributed by atoms with Crippen LogP contribution in [0.25, 0.3) is 11.2 Å². The van der Waals surface area contributed by atoms with Crippen LogP contribution in [0, 0.1) is 0 Å². The molecule has 2 saturated heterocycles. The smallest absolute Gasteiger partial charge is 0.386 e. The van der Waals surface area contributed by atoms with Gasteiger partial charge in [-0.1, -0.05) is 17.7 Å². The van der Waals surface area contributed by atoms with E-state index in [9.17, 15) is 14.6 Å². The van der Waals surface area contributed by atoms with Crippen LogP contribution in [0.4, 0.5) is 5.82 Å². The number of rotatable bonds is 4. The third-order valence-corrected chi connectivity index (χ3v) is 5.39. The molecule has 27 heavy (non-hydrogen) atoms. The highest BCUT2D eigenvalue weighted by Gasteiger charge is 2.52. The number of nitrogens with zero attached hydrogens (tertiary/aromatic N) is 4. The lowest BCUT2D eigenvalue weighted by molar-refractivity contribution is -0.0664. The summed E-state index contributed by atoms with van der Waals surface area (Å²) >= 11 is 5.81. The third kappa shape index (κ3) is 3.59. The first kappa shape index (κ1) is 18.8. The molecule has 2 aliphatic heterocycles. The van der Waals surface area contributed by atoms with Gasteiger partial charge in [-0.15, -0.1) is 0 Å². The van der Waals surface area contributed by atoms with Crippen molar-refractivity contribution in [1.29, 1.82) is 0 Å². The maximum Gasteiger partial charge on any atom is 0.472 e. The van der Waals surface area contributed by atoms with Crippen molar-refractivity contribution in [3.63, 3.8) is 0 Å². The van der Waals surface area contributed by atoms with Gasteiger partial charge in [0, 0.05) is 11.6 Å². The predicted octanol–water partition coefficient (Wildman–Crippen LogP) is 1.15. The van der Waals surface area contributed by atoms with Gasteiger partial charge < -0.3 is 20.1 Å². The van der Waals surface area contributed by atoms with E-state index < -0.39 is 32.4 Å². The van der Waals surface area contributed by atoms with E-state index in [2.05, 4.69) is 20.3 Å². The van der Waals surface area contributed by atoms with Crippen LogP contribution < -0.4 is 5.32 Å². The van der Waals surface area contributed by atoms with Crippen molar-refractivity contribution in [2.45, 2.75) is 31.5 Å². The SMILES string of the molecule is C/C(Cl)=C/CNc1ncnc2c1ncn2[C@@H]1O[C@@H]2COP(=O)(O)O[C@H]2[C@H]1O. The van der Waals surface area contributed by atoms with Crippen LogP contribution in [0.2, 0.25) is 0 Å². The van der Waals surface area contributed by atoms with Gasteiger partial charge in [-0.05, 0) is 6.92 Å². The fourth-order valence-electron chi connectivity index (χ4n) is 3.02. The topological polar surface area (TPSA) is 141 Å². The first-order valence-electron chi connectivity index (χ1n) is 8.08. The largest absolute Gasteiger partial charge is 0.472 e. The van der Waals surface area contributed by atoms with Crippen LogP contribution in [0.15, 0.2) is 23.8 Å². The zero-order valence-electron chi connectivity index (χ0n) is 14.1. The van der Waals surface area contributed by atoms with Crippen molar-refractivity contribution < 1.29 is 28.3 Å². The fraction of sp³-hybridized carbons (Fsp3) is 0.500. The minimum Gasteiger partial charge on any atom is -0.386 e. The van der Waals surface area contributed by atoms with Gasteiger partial charge in [0.1, 0.15) is 24.6 Å². The molecule has 13 heteroatoms. The van der Waals surface area contributed by atoms with E-state index in [0.717, 1.165) is 0 Å². The molecule has 0 aromatic carbocycles. The van der Waals surface area contributed by atoms with Gasteiger partial charge in [0.2, 0.25) is 0 Å². The molecular formula is C14H17ClN5O6P. The number of imidazole rings is 1. The molecule has 2 aliphatic rings. The van der Waals surface area contributed by atoms with Crippen molar-refractivity contribution in [3.05, 3.63) is 23.8 Å². The second-order valence-corrected chi connectivity index (χ2v) is 8.11. The number of hydrogen-bond donors (Lipinski definition) is 3. The minimum absolute atomic E-state index is 0.162. The van der Waals surface area contributed by atoms with Crippen LogP contribution in [-0.4, -0.2) is 61.0 Å². The summed E-state index contributed by atoms with van der Waals surface area (Å²) in [4.78, 5) is 22.1. The molecule has 0 amide bonds. The Balaban J connectivity index is 1.61. The maximum absolute atomic E-state index is 11.6. The van der Waals surface area contributed by atoms with E-state index in [1.54, 1.807) is 13.0 Å². The van der Waals surface area contributed by atoms with Gasteiger partial charge in [-0.25, -0.2) is 19.5 Å². The van der Waals surface area contributed by atoms with Gasteiger partial charge >= 0.3 is 7.82 Å². The number of aliphatic hydroxyl groups excluding tert-OH is 1. The molecule has 0 aliphatic carbocycles. The van der Waals surface area contributed by atoms with E-state index in [-0.39, 0.29) is 6.61 Å². The van der Waals surface area contributed by atoms with Crippen molar-refractivity contribution in [2.75, 3.05) is 18.5 Å². The number of phosphoric ester groups is 1. The summed E-state index contributed by atoms with van der Waals surface area (Å²) in [6.07, 6.45) is 0.810. The molecule has 146 valence electrons. The Labute approximate surface area is 158 Å². The molecule has 0 bridgehead atoms. The Morgan fingerprint density at radius 3 is 3.11 bits per heavy atom. The second-order valence-electron chi connectivity index (χ2n) is 6.11. The molecule has 4 heterocycles. The highest BCUT2D eigenvalue weighted by atomic mass is 35.5. The highest BCUT2D eigenvalue weighted by Crippen LogP contribution is 2.52. The first-order chi connectivity index (χ1) is 12.9. The zero-order chi connectivity index (χ0) is 19.2. The van der Waals surface area contributed by atoms with Crippen LogP contribution in [0.1, 0.15) is 13.2 Å². The summed E-state index contributed by atoms with van der Waals surface area (Å²) in [5.41, 5.74) is 0.906. The van der Waals surface area contributed by atoms with E-state index in [0.29, 0.717) is 28.6 Å². The summed E-state index contributed by atoms with van der Waals surface area (Å²) in [6, 6.07) is 0. The summed E-state index contributed by atoms with van der Waals surface area (Å²) in [5.74, 6) is 0.497. The normalized spacial score (nSPS) is 34.0. The lowest BCUT2D eigenvalue weighted by atomic mass is 10.1. The van der Waals surface area contributed by atoms with Gasteiger partial charge in [0.15, 0.2) is 23.2 Å². The number of fused-ring (bicyclic) bond motifs is 2. The molecule has 4 rings (SSSR count). The number of aromatic nitrogens is 4. The molecule has 1 unspecified atom stereocenters. The average molecular weight is 418 g/mol. The Kier molecular flexibility index (Phi) is 4.93. The van der Waals surface area contributed by atoms with Crippen LogP contribution >= 0.6 is 19.4 Å². The van der Waals surface area contributed by atoms with Crippen LogP contribution in [-0.2, 0) is 18.3 Å². The van der Waals surface area contributed by atoms with Crippen LogP contribution in [0.5, 0.6) is 0 Å². The third-order valence-electron chi connectivity index (χ3n) is 4.25. The van der Waals surface area contributed by atoms with E-state index in [1.165, 1.54) is 17.2 Å².